The van der Waals surface area contributed by atoms with Crippen LogP contribution in [0.3, 0.4) is 0 Å². The maximum absolute atomic E-state index is 13.2. The monoisotopic (exact) mass is 517 g/mol. The smallest absolute Gasteiger partial charge is 0.409 e. The number of carboxylic acids is 1. The summed E-state index contributed by atoms with van der Waals surface area (Å²) in [6.45, 7) is 4.69. The summed E-state index contributed by atoms with van der Waals surface area (Å²) < 4.78 is 4.99. The van der Waals surface area contributed by atoms with Gasteiger partial charge in [-0.15, -0.1) is 0 Å². The zero-order valence-electron chi connectivity index (χ0n) is 20.1. The Hall–Kier alpha value is -3.73. The van der Waals surface area contributed by atoms with E-state index in [1.54, 1.807) is 38.1 Å². The number of halogens is 1. The maximum Gasteiger partial charge on any atom is 0.409 e. The zero-order valence-corrected chi connectivity index (χ0v) is 20.8. The summed E-state index contributed by atoms with van der Waals surface area (Å²) in [7, 11) is 0. The first-order valence-electron chi connectivity index (χ1n) is 11.5. The summed E-state index contributed by atoms with van der Waals surface area (Å²) >= 11 is 6.25. The fourth-order valence-corrected chi connectivity index (χ4v) is 3.97. The number of carboxylic acid groups (broad SMARTS) is 1. The van der Waals surface area contributed by atoms with E-state index in [1.807, 2.05) is 0 Å². The lowest BCUT2D eigenvalue weighted by molar-refractivity contribution is -0.138. The average molecular weight is 518 g/mol. The Morgan fingerprint density at radius 3 is 2.42 bits per heavy atom. The van der Waals surface area contributed by atoms with Crippen molar-refractivity contribution in [3.63, 3.8) is 0 Å². The number of nitrogens with one attached hydrogen (secondary N) is 1. The van der Waals surface area contributed by atoms with Crippen LogP contribution < -0.4 is 5.32 Å². The first kappa shape index (κ1) is 26.9. The standard InChI is InChI=1S/C24H28ClN5O6/c1-3-36-24(35)30-12-10-29(11-13-30)23(34)18(8-9-20(31)32)28-22(33)19-14-15(2)26-21(27-19)16-6-4-5-7-17(16)25/h4-7,14,18H,3,8-13H2,1-2H3,(H,28,33)(H,31,32). The molecule has 0 saturated carbocycles. The second-order valence-corrected chi connectivity index (χ2v) is 8.57. The number of aliphatic carboxylic acids is 1. The van der Waals surface area contributed by atoms with Gasteiger partial charge in [0.25, 0.3) is 5.91 Å². The fraction of sp³-hybridized carbons (Fsp3) is 0.417. The highest BCUT2D eigenvalue weighted by Crippen LogP contribution is 2.25. The predicted octanol–water partition coefficient (Wildman–Crippen LogP) is 2.37. The van der Waals surface area contributed by atoms with Gasteiger partial charge in [0, 0.05) is 43.9 Å². The SMILES string of the molecule is CCOC(=O)N1CCN(C(=O)C(CCC(=O)O)NC(=O)c2cc(C)nc(-c3ccccc3Cl)n2)CC1. The summed E-state index contributed by atoms with van der Waals surface area (Å²) in [6.07, 6.45) is -0.860. The third-order valence-electron chi connectivity index (χ3n) is 5.57. The van der Waals surface area contributed by atoms with Crippen LogP contribution in [0.15, 0.2) is 30.3 Å². The van der Waals surface area contributed by atoms with E-state index in [1.165, 1.54) is 15.9 Å². The van der Waals surface area contributed by atoms with E-state index in [0.717, 1.165) is 0 Å². The number of aromatic nitrogens is 2. The summed E-state index contributed by atoms with van der Waals surface area (Å²) in [4.78, 5) is 61.1. The number of nitrogens with zero attached hydrogens (tertiary/aromatic N) is 4. The minimum absolute atomic E-state index is 0.0256. The van der Waals surface area contributed by atoms with Crippen molar-refractivity contribution >= 4 is 35.5 Å². The number of benzene rings is 1. The third kappa shape index (κ3) is 6.91. The summed E-state index contributed by atoms with van der Waals surface area (Å²) in [6, 6.07) is 7.35. The molecule has 1 aliphatic heterocycles. The molecule has 1 saturated heterocycles. The normalized spacial score (nSPS) is 14.2. The van der Waals surface area contributed by atoms with Gasteiger partial charge in [-0.2, -0.15) is 0 Å². The van der Waals surface area contributed by atoms with E-state index in [9.17, 15) is 19.2 Å². The fourth-order valence-electron chi connectivity index (χ4n) is 3.75. The molecule has 3 amide bonds. The van der Waals surface area contributed by atoms with Gasteiger partial charge in [0.1, 0.15) is 11.7 Å². The van der Waals surface area contributed by atoms with Gasteiger partial charge in [0.15, 0.2) is 5.82 Å². The van der Waals surface area contributed by atoms with Crippen molar-refractivity contribution in [2.24, 2.45) is 0 Å². The molecule has 1 fully saturated rings. The molecule has 1 aromatic carbocycles. The predicted molar refractivity (Wildman–Crippen MR) is 131 cm³/mol. The second kappa shape index (κ2) is 12.3. The van der Waals surface area contributed by atoms with E-state index in [2.05, 4.69) is 15.3 Å². The molecule has 0 radical (unpaired) electrons. The van der Waals surface area contributed by atoms with Gasteiger partial charge in [0.2, 0.25) is 5.91 Å². The summed E-state index contributed by atoms with van der Waals surface area (Å²) in [5.41, 5.74) is 1.10. The van der Waals surface area contributed by atoms with Crippen molar-refractivity contribution in [1.29, 1.82) is 0 Å². The van der Waals surface area contributed by atoms with Gasteiger partial charge < -0.3 is 25.0 Å². The molecule has 1 aromatic heterocycles. The summed E-state index contributed by atoms with van der Waals surface area (Å²) in [5.74, 6) is -1.89. The maximum atomic E-state index is 13.2. The molecule has 1 unspecified atom stereocenters. The molecule has 0 aliphatic carbocycles. The van der Waals surface area contributed by atoms with Crippen LogP contribution >= 0.6 is 11.6 Å². The highest BCUT2D eigenvalue weighted by Gasteiger charge is 2.31. The molecule has 36 heavy (non-hydrogen) atoms. The number of piperazine rings is 1. The Labute approximate surface area is 213 Å². The van der Waals surface area contributed by atoms with Gasteiger partial charge in [-0.05, 0) is 38.5 Å². The molecule has 2 heterocycles. The van der Waals surface area contributed by atoms with Crippen molar-refractivity contribution in [3.05, 3.63) is 46.7 Å². The number of amides is 3. The van der Waals surface area contributed by atoms with Crippen LogP contribution in [0, 0.1) is 6.92 Å². The highest BCUT2D eigenvalue weighted by molar-refractivity contribution is 6.33. The van der Waals surface area contributed by atoms with Gasteiger partial charge in [-0.3, -0.25) is 14.4 Å². The molecular formula is C24H28ClN5O6. The van der Waals surface area contributed by atoms with Crippen LogP contribution in [-0.4, -0.2) is 87.6 Å². The minimum Gasteiger partial charge on any atom is -0.481 e. The molecule has 0 bridgehead atoms. The van der Waals surface area contributed by atoms with Gasteiger partial charge in [-0.1, -0.05) is 23.7 Å². The van der Waals surface area contributed by atoms with Crippen LogP contribution in [0.1, 0.15) is 35.9 Å². The number of hydrogen-bond donors (Lipinski definition) is 2. The van der Waals surface area contributed by atoms with Gasteiger partial charge in [-0.25, -0.2) is 14.8 Å². The number of ether oxygens (including phenoxy) is 1. The van der Waals surface area contributed by atoms with Crippen molar-refractivity contribution < 1.29 is 29.0 Å². The number of carbonyl (C=O) groups is 4. The zero-order chi connectivity index (χ0) is 26.2. The van der Waals surface area contributed by atoms with Crippen molar-refractivity contribution in [3.8, 4) is 11.4 Å². The van der Waals surface area contributed by atoms with Crippen LogP contribution in [-0.2, 0) is 14.3 Å². The van der Waals surface area contributed by atoms with E-state index < -0.39 is 29.9 Å². The van der Waals surface area contributed by atoms with Crippen molar-refractivity contribution in [2.75, 3.05) is 32.8 Å². The molecule has 3 rings (SSSR count). The lowest BCUT2D eigenvalue weighted by Gasteiger charge is -2.35. The molecule has 12 heteroatoms. The minimum atomic E-state index is -1.09. The quantitative estimate of drug-likeness (QED) is 0.543. The van der Waals surface area contributed by atoms with Crippen LogP contribution in [0.5, 0.6) is 0 Å². The number of hydrogen-bond acceptors (Lipinski definition) is 7. The molecule has 0 spiro atoms. The molecule has 11 nitrogen and oxygen atoms in total. The first-order valence-corrected chi connectivity index (χ1v) is 11.9. The van der Waals surface area contributed by atoms with Crippen LogP contribution in [0.2, 0.25) is 5.02 Å². The largest absolute Gasteiger partial charge is 0.481 e. The van der Waals surface area contributed by atoms with Crippen LogP contribution in [0.25, 0.3) is 11.4 Å². The molecule has 2 N–H and O–H groups in total. The Morgan fingerprint density at radius 1 is 1.11 bits per heavy atom. The molecular weight excluding hydrogens is 490 g/mol. The van der Waals surface area contributed by atoms with E-state index >= 15 is 0 Å². The molecule has 192 valence electrons. The van der Waals surface area contributed by atoms with Gasteiger partial charge >= 0.3 is 12.1 Å². The van der Waals surface area contributed by atoms with E-state index in [0.29, 0.717) is 16.3 Å². The number of carbonyl (C=O) groups excluding carboxylic acids is 3. The number of aryl methyl sites for hydroxylation is 1. The van der Waals surface area contributed by atoms with Crippen LogP contribution in [0.4, 0.5) is 4.79 Å². The van der Waals surface area contributed by atoms with E-state index in [4.69, 9.17) is 21.4 Å². The second-order valence-electron chi connectivity index (χ2n) is 8.17. The summed E-state index contributed by atoms with van der Waals surface area (Å²) in [5, 5.41) is 12.2. The van der Waals surface area contributed by atoms with Crippen molar-refractivity contribution in [2.45, 2.75) is 32.7 Å². The topological polar surface area (TPSA) is 142 Å². The molecule has 2 aromatic rings. The Bertz CT molecular complexity index is 1140. The third-order valence-corrected chi connectivity index (χ3v) is 5.90. The lowest BCUT2D eigenvalue weighted by atomic mass is 10.1. The van der Waals surface area contributed by atoms with E-state index in [-0.39, 0.29) is 57.1 Å². The number of rotatable bonds is 8. The van der Waals surface area contributed by atoms with Gasteiger partial charge in [0.05, 0.1) is 11.6 Å². The Balaban J connectivity index is 1.75. The Morgan fingerprint density at radius 2 is 1.78 bits per heavy atom. The first-order chi connectivity index (χ1) is 17.2. The van der Waals surface area contributed by atoms with Crippen molar-refractivity contribution in [1.82, 2.24) is 25.1 Å². The highest BCUT2D eigenvalue weighted by atomic mass is 35.5. The molecule has 1 atom stereocenters. The Kier molecular flexibility index (Phi) is 9.18. The average Bonchev–Trinajstić information content (AvgIpc) is 2.86. The molecule has 1 aliphatic rings. The lowest BCUT2D eigenvalue weighted by Crippen LogP contribution is -2.56.